The second-order valence-electron chi connectivity index (χ2n) is 5.22. The van der Waals surface area contributed by atoms with Gasteiger partial charge >= 0.3 is 0 Å². The molecule has 0 aliphatic heterocycles. The molecule has 4 nitrogen and oxygen atoms in total. The Morgan fingerprint density at radius 3 is 2.47 bits per heavy atom. The molecule has 1 aromatic rings. The molecule has 0 spiro atoms. The summed E-state index contributed by atoms with van der Waals surface area (Å²) in [6.45, 7) is 7.14. The average Bonchev–Trinajstić information content (AvgIpc) is 2.30. The summed E-state index contributed by atoms with van der Waals surface area (Å²) in [6, 6.07) is 1.51. The lowest BCUT2D eigenvalue weighted by Crippen LogP contribution is -2.19. The summed E-state index contributed by atoms with van der Waals surface area (Å²) in [4.78, 5) is 0. The van der Waals surface area contributed by atoms with Gasteiger partial charge < -0.3 is 20.1 Å². The third-order valence-electron chi connectivity index (χ3n) is 2.99. The van der Waals surface area contributed by atoms with Crippen molar-refractivity contribution in [2.75, 3.05) is 7.11 Å². The zero-order chi connectivity index (χ0) is 14.6. The number of hydrogen-bond donors (Lipinski definition) is 3. The molecule has 19 heavy (non-hydrogen) atoms. The van der Waals surface area contributed by atoms with E-state index in [2.05, 4.69) is 6.58 Å². The second kappa shape index (κ2) is 5.97. The van der Waals surface area contributed by atoms with E-state index in [-0.39, 0.29) is 17.2 Å². The number of aliphatic hydroxyl groups is 1. The van der Waals surface area contributed by atoms with Gasteiger partial charge in [-0.25, -0.2) is 0 Å². The van der Waals surface area contributed by atoms with Crippen LogP contribution in [0.15, 0.2) is 18.7 Å². The number of allylic oxidation sites excluding steroid dienone is 1. The Hall–Kier alpha value is -1.68. The summed E-state index contributed by atoms with van der Waals surface area (Å²) in [5.41, 5.74) is 0.829. The summed E-state index contributed by atoms with van der Waals surface area (Å²) in [6.07, 6.45) is 3.35. The van der Waals surface area contributed by atoms with E-state index in [1.807, 2.05) is 0 Å². The van der Waals surface area contributed by atoms with Crippen LogP contribution in [0.4, 0.5) is 0 Å². The summed E-state index contributed by atoms with van der Waals surface area (Å²) in [5.74, 6) is -0.206. The minimum atomic E-state index is -0.802. The summed E-state index contributed by atoms with van der Waals surface area (Å²) < 4.78 is 5.18. The van der Waals surface area contributed by atoms with E-state index in [0.717, 1.165) is 11.1 Å². The van der Waals surface area contributed by atoms with Gasteiger partial charge in [-0.3, -0.25) is 0 Å². The maximum absolute atomic E-state index is 9.84. The summed E-state index contributed by atoms with van der Waals surface area (Å²) in [7, 11) is 1.44. The molecule has 0 heterocycles. The Kier molecular flexibility index (Phi) is 4.84. The minimum Gasteiger partial charge on any atom is -0.504 e. The Balaban J connectivity index is 3.23. The lowest BCUT2D eigenvalue weighted by atomic mass is 9.93. The smallest absolute Gasteiger partial charge is 0.200 e. The predicted molar refractivity (Wildman–Crippen MR) is 74.8 cm³/mol. The fraction of sp³-hybridized carbons (Fsp3) is 0.467. The van der Waals surface area contributed by atoms with Gasteiger partial charge in [-0.2, -0.15) is 0 Å². The molecule has 0 aliphatic rings. The predicted octanol–water partition coefficient (Wildman–Crippen LogP) is 2.54. The van der Waals surface area contributed by atoms with Crippen molar-refractivity contribution in [1.82, 2.24) is 0 Å². The molecule has 0 saturated carbocycles. The van der Waals surface area contributed by atoms with Gasteiger partial charge in [-0.15, -0.1) is 6.58 Å². The van der Waals surface area contributed by atoms with Crippen LogP contribution in [0.1, 0.15) is 31.4 Å². The molecule has 106 valence electrons. The molecule has 0 aliphatic carbocycles. The maximum atomic E-state index is 9.84. The molecular formula is C15H22O4. The quantitative estimate of drug-likeness (QED) is 0.546. The first-order chi connectivity index (χ1) is 8.80. The Labute approximate surface area is 114 Å². The SMILES string of the molecule is C=CCc1cc(O)c(O)c(OC)c1CCC(C)(C)O. The molecule has 0 saturated heterocycles. The van der Waals surface area contributed by atoms with Gasteiger partial charge in [0.2, 0.25) is 5.75 Å². The largest absolute Gasteiger partial charge is 0.504 e. The van der Waals surface area contributed by atoms with Crippen molar-refractivity contribution < 1.29 is 20.1 Å². The summed E-state index contributed by atoms with van der Waals surface area (Å²) in [5, 5.41) is 29.3. The van der Waals surface area contributed by atoms with Crippen molar-refractivity contribution in [3.8, 4) is 17.2 Å². The number of ether oxygens (including phenoxy) is 1. The number of phenols is 2. The first kappa shape index (κ1) is 15.4. The van der Waals surface area contributed by atoms with Crippen molar-refractivity contribution in [1.29, 1.82) is 0 Å². The van der Waals surface area contributed by atoms with Crippen LogP contribution in [-0.2, 0) is 12.8 Å². The highest BCUT2D eigenvalue weighted by molar-refractivity contribution is 5.58. The number of phenolic OH excluding ortho intramolecular Hbond substituents is 2. The molecule has 1 rings (SSSR count). The molecule has 4 heteroatoms. The molecule has 0 fully saturated rings. The van der Waals surface area contributed by atoms with Gasteiger partial charge in [0.1, 0.15) is 0 Å². The molecule has 0 aromatic heterocycles. The number of aromatic hydroxyl groups is 2. The van der Waals surface area contributed by atoms with E-state index >= 15 is 0 Å². The molecule has 1 aromatic carbocycles. The molecular weight excluding hydrogens is 244 g/mol. The van der Waals surface area contributed by atoms with Crippen LogP contribution >= 0.6 is 0 Å². The second-order valence-corrected chi connectivity index (χ2v) is 5.22. The van der Waals surface area contributed by atoms with Gasteiger partial charge in [0, 0.05) is 5.56 Å². The average molecular weight is 266 g/mol. The van der Waals surface area contributed by atoms with Crippen LogP contribution < -0.4 is 4.74 Å². The molecule has 0 bridgehead atoms. The highest BCUT2D eigenvalue weighted by Gasteiger charge is 2.20. The van der Waals surface area contributed by atoms with E-state index in [4.69, 9.17) is 4.74 Å². The number of methoxy groups -OCH3 is 1. The Morgan fingerprint density at radius 2 is 2.00 bits per heavy atom. The normalized spacial score (nSPS) is 11.4. The van der Waals surface area contributed by atoms with Crippen LogP contribution in [0.2, 0.25) is 0 Å². The number of hydrogen-bond acceptors (Lipinski definition) is 4. The standard InChI is InChI=1S/C15H22O4/c1-5-6-10-9-12(16)13(17)14(19-4)11(10)7-8-15(2,3)18/h5,9,16-18H,1,6-8H2,2-4H3. The number of rotatable bonds is 6. The van der Waals surface area contributed by atoms with Crippen molar-refractivity contribution in [2.24, 2.45) is 0 Å². The molecule has 0 unspecified atom stereocenters. The Bertz CT molecular complexity index is 458. The van der Waals surface area contributed by atoms with Crippen LogP contribution in [0.25, 0.3) is 0 Å². The molecule has 0 radical (unpaired) electrons. The van der Waals surface area contributed by atoms with Crippen molar-refractivity contribution >= 4 is 0 Å². The zero-order valence-electron chi connectivity index (χ0n) is 11.7. The van der Waals surface area contributed by atoms with Crippen LogP contribution in [-0.4, -0.2) is 28.0 Å². The summed E-state index contributed by atoms with van der Waals surface area (Å²) >= 11 is 0. The lowest BCUT2D eigenvalue weighted by molar-refractivity contribution is 0.0711. The van der Waals surface area contributed by atoms with Crippen molar-refractivity contribution in [3.05, 3.63) is 29.8 Å². The fourth-order valence-electron chi connectivity index (χ4n) is 1.99. The van der Waals surface area contributed by atoms with Crippen LogP contribution in [0.3, 0.4) is 0 Å². The van der Waals surface area contributed by atoms with Gasteiger partial charge in [-0.05, 0) is 44.7 Å². The van der Waals surface area contributed by atoms with E-state index < -0.39 is 5.60 Å². The van der Waals surface area contributed by atoms with Gasteiger partial charge in [0.05, 0.1) is 12.7 Å². The highest BCUT2D eigenvalue weighted by Crippen LogP contribution is 2.41. The third-order valence-corrected chi connectivity index (χ3v) is 2.99. The van der Waals surface area contributed by atoms with E-state index in [1.54, 1.807) is 19.9 Å². The van der Waals surface area contributed by atoms with Crippen molar-refractivity contribution in [2.45, 2.75) is 38.7 Å². The zero-order valence-corrected chi connectivity index (χ0v) is 11.7. The molecule has 0 atom stereocenters. The van der Waals surface area contributed by atoms with Crippen LogP contribution in [0, 0.1) is 0 Å². The van der Waals surface area contributed by atoms with E-state index in [9.17, 15) is 15.3 Å². The van der Waals surface area contributed by atoms with E-state index in [1.165, 1.54) is 13.2 Å². The lowest BCUT2D eigenvalue weighted by Gasteiger charge is -2.20. The molecule has 3 N–H and O–H groups in total. The highest BCUT2D eigenvalue weighted by atomic mass is 16.5. The molecule has 0 amide bonds. The maximum Gasteiger partial charge on any atom is 0.200 e. The first-order valence-corrected chi connectivity index (χ1v) is 6.24. The van der Waals surface area contributed by atoms with Gasteiger partial charge in [0.15, 0.2) is 11.5 Å². The van der Waals surface area contributed by atoms with E-state index in [0.29, 0.717) is 19.3 Å². The van der Waals surface area contributed by atoms with Crippen LogP contribution in [0.5, 0.6) is 17.2 Å². The number of benzene rings is 1. The van der Waals surface area contributed by atoms with Gasteiger partial charge in [0.25, 0.3) is 0 Å². The Morgan fingerprint density at radius 1 is 1.37 bits per heavy atom. The topological polar surface area (TPSA) is 69.9 Å². The minimum absolute atomic E-state index is 0.208. The van der Waals surface area contributed by atoms with Gasteiger partial charge in [-0.1, -0.05) is 6.08 Å². The monoisotopic (exact) mass is 266 g/mol. The fourth-order valence-corrected chi connectivity index (χ4v) is 1.99. The van der Waals surface area contributed by atoms with Crippen molar-refractivity contribution in [3.63, 3.8) is 0 Å². The third kappa shape index (κ3) is 3.89. The first-order valence-electron chi connectivity index (χ1n) is 6.24.